The molecule has 0 aliphatic rings. The molecule has 0 aromatic heterocycles. The summed E-state index contributed by atoms with van der Waals surface area (Å²) in [4.78, 5) is 0. The molecule has 4 rings (SSSR count). The summed E-state index contributed by atoms with van der Waals surface area (Å²) in [6, 6.07) is 37.5. The van der Waals surface area contributed by atoms with Crippen LogP contribution in [0.4, 0.5) is 0 Å². The van der Waals surface area contributed by atoms with Crippen molar-refractivity contribution in [1.82, 2.24) is 0 Å². The third kappa shape index (κ3) is 4.83. The second-order valence-corrected chi connectivity index (χ2v) is 5.08. The van der Waals surface area contributed by atoms with Crippen molar-refractivity contribution in [3.63, 3.8) is 0 Å². The van der Waals surface area contributed by atoms with E-state index in [4.69, 9.17) is 0 Å². The number of hydrogen-bond acceptors (Lipinski definition) is 0. The first-order valence-electron chi connectivity index (χ1n) is 7.48. The summed E-state index contributed by atoms with van der Waals surface area (Å²) in [6.45, 7) is 0. The Balaban J connectivity index is 0.000000160. The van der Waals surface area contributed by atoms with Crippen LogP contribution in [0, 0.1) is 0 Å². The van der Waals surface area contributed by atoms with Crippen molar-refractivity contribution < 1.29 is 17.4 Å². The molecule has 0 saturated heterocycles. The van der Waals surface area contributed by atoms with E-state index in [-0.39, 0.29) is 17.4 Å². The maximum Gasteiger partial charge on any atom is 2.00 e. The first kappa shape index (κ1) is 17.0. The summed E-state index contributed by atoms with van der Waals surface area (Å²) < 4.78 is 0. The van der Waals surface area contributed by atoms with Gasteiger partial charge in [0.05, 0.1) is 0 Å². The van der Waals surface area contributed by atoms with Crippen molar-refractivity contribution in [3.8, 4) is 22.3 Å². The Morgan fingerprint density at radius 1 is 0.391 bits per heavy atom. The van der Waals surface area contributed by atoms with E-state index in [2.05, 4.69) is 97.1 Å². The van der Waals surface area contributed by atoms with Gasteiger partial charge in [0.1, 0.15) is 0 Å². The number of rotatable bonds is 2. The molecule has 4 aromatic carbocycles. The average Bonchev–Trinajstić information content (AvgIpc) is 3.31. The van der Waals surface area contributed by atoms with Crippen molar-refractivity contribution in [1.29, 1.82) is 0 Å². The van der Waals surface area contributed by atoms with Crippen molar-refractivity contribution >= 4 is 0 Å². The van der Waals surface area contributed by atoms with Crippen molar-refractivity contribution in [2.24, 2.45) is 0 Å². The van der Waals surface area contributed by atoms with Gasteiger partial charge < -0.3 is 0 Å². The van der Waals surface area contributed by atoms with E-state index in [1.807, 2.05) is 12.1 Å². The van der Waals surface area contributed by atoms with Crippen LogP contribution in [0.5, 0.6) is 0 Å². The number of hydrogen-bond donors (Lipinski definition) is 0. The fraction of sp³-hybridized carbons (Fsp3) is 0. The second-order valence-electron chi connectivity index (χ2n) is 5.08. The normalized spacial score (nSPS) is 9.39. The molecule has 0 heterocycles. The Bertz CT molecular complexity index is 682. The maximum atomic E-state index is 2.12. The van der Waals surface area contributed by atoms with Crippen LogP contribution in [0.25, 0.3) is 22.3 Å². The predicted octanol–water partition coefficient (Wildman–Crippen LogP) is 6.14. The Kier molecular flexibility index (Phi) is 6.63. The van der Waals surface area contributed by atoms with E-state index in [0.717, 1.165) is 0 Å². The molecule has 0 aliphatic heterocycles. The van der Waals surface area contributed by atoms with Gasteiger partial charge in [-0.15, -0.1) is 59.7 Å². The quantitative estimate of drug-likeness (QED) is 0.386. The van der Waals surface area contributed by atoms with Crippen molar-refractivity contribution in [3.05, 3.63) is 109 Å². The first-order valence-corrected chi connectivity index (χ1v) is 7.48. The molecule has 0 fully saturated rings. The minimum Gasteiger partial charge on any atom is -0.152 e. The summed E-state index contributed by atoms with van der Waals surface area (Å²) >= 11 is 0. The molecule has 0 amide bonds. The third-order valence-corrected chi connectivity index (χ3v) is 3.54. The Morgan fingerprint density at radius 2 is 0.696 bits per heavy atom. The summed E-state index contributed by atoms with van der Waals surface area (Å²) in [7, 11) is 0. The van der Waals surface area contributed by atoms with Gasteiger partial charge in [-0.3, -0.25) is 0 Å². The van der Waals surface area contributed by atoms with Crippen LogP contribution in [-0.4, -0.2) is 0 Å². The van der Waals surface area contributed by atoms with E-state index < -0.39 is 0 Å². The molecule has 23 heavy (non-hydrogen) atoms. The van der Waals surface area contributed by atoms with E-state index in [1.54, 1.807) is 0 Å². The Hall–Kier alpha value is -2.33. The van der Waals surface area contributed by atoms with E-state index in [1.165, 1.54) is 22.3 Å². The zero-order valence-electron chi connectivity index (χ0n) is 12.8. The summed E-state index contributed by atoms with van der Waals surface area (Å²) in [6.07, 6.45) is 0. The topological polar surface area (TPSA) is 0 Å². The van der Waals surface area contributed by atoms with Gasteiger partial charge in [0, 0.05) is 0 Å². The third-order valence-electron chi connectivity index (χ3n) is 3.54. The van der Waals surface area contributed by atoms with Crippen molar-refractivity contribution in [2.75, 3.05) is 0 Å². The molecule has 0 aliphatic carbocycles. The average molecular weight is 334 g/mol. The Labute approximate surface area is 148 Å². The molecule has 0 unspecified atom stereocenters. The van der Waals surface area contributed by atoms with Gasteiger partial charge in [-0.2, -0.15) is 24.3 Å². The van der Waals surface area contributed by atoms with Gasteiger partial charge in [-0.25, -0.2) is 0 Å². The smallest absolute Gasteiger partial charge is 0.152 e. The number of benzene rings is 2. The largest absolute Gasteiger partial charge is 2.00 e. The van der Waals surface area contributed by atoms with Crippen LogP contribution in [-0.2, 0) is 17.4 Å². The maximum absolute atomic E-state index is 2.12. The van der Waals surface area contributed by atoms with Gasteiger partial charge >= 0.3 is 17.4 Å². The molecule has 112 valence electrons. The Morgan fingerprint density at radius 3 is 1.00 bits per heavy atom. The van der Waals surface area contributed by atoms with Crippen molar-refractivity contribution in [2.45, 2.75) is 0 Å². The zero-order valence-corrected chi connectivity index (χ0v) is 14.1. The van der Waals surface area contributed by atoms with E-state index in [0.29, 0.717) is 0 Å². The molecule has 0 saturated carbocycles. The second kappa shape index (κ2) is 8.96. The van der Waals surface area contributed by atoms with Gasteiger partial charge in [0.15, 0.2) is 0 Å². The molecule has 0 atom stereocenters. The molecule has 0 N–H and O–H groups in total. The van der Waals surface area contributed by atoms with Crippen LogP contribution >= 0.6 is 0 Å². The van der Waals surface area contributed by atoms with Crippen LogP contribution < -0.4 is 0 Å². The van der Waals surface area contributed by atoms with Gasteiger partial charge in [-0.05, 0) is 0 Å². The first-order chi connectivity index (χ1) is 10.9. The zero-order chi connectivity index (χ0) is 15.0. The molecule has 0 nitrogen and oxygen atoms in total. The fourth-order valence-electron chi connectivity index (χ4n) is 2.39. The summed E-state index contributed by atoms with van der Waals surface area (Å²) in [5, 5.41) is 0. The minimum absolute atomic E-state index is 0. The molecular formula is C22H18Cr. The predicted molar refractivity (Wildman–Crippen MR) is 94.9 cm³/mol. The molecule has 0 bridgehead atoms. The van der Waals surface area contributed by atoms with Crippen LogP contribution in [0.2, 0.25) is 0 Å². The van der Waals surface area contributed by atoms with Crippen LogP contribution in [0.15, 0.2) is 109 Å². The van der Waals surface area contributed by atoms with Crippen LogP contribution in [0.3, 0.4) is 0 Å². The van der Waals surface area contributed by atoms with Gasteiger partial charge in [-0.1, -0.05) is 47.5 Å². The SMILES string of the molecule is [Cr+2].c1ccc(-[c-]2cccc2)cc1.c1ccc(-[c-]2cccc2)cc1. The molecular weight excluding hydrogens is 316 g/mol. The summed E-state index contributed by atoms with van der Waals surface area (Å²) in [5.41, 5.74) is 5.17. The molecule has 0 radical (unpaired) electrons. The summed E-state index contributed by atoms with van der Waals surface area (Å²) in [5.74, 6) is 0. The van der Waals surface area contributed by atoms with Gasteiger partial charge in [0.2, 0.25) is 0 Å². The molecule has 4 aromatic rings. The molecule has 1 heteroatoms. The molecule has 0 spiro atoms. The fourth-order valence-corrected chi connectivity index (χ4v) is 2.39. The monoisotopic (exact) mass is 334 g/mol. The van der Waals surface area contributed by atoms with E-state index in [9.17, 15) is 0 Å². The standard InChI is InChI=1S/2C11H9.Cr/c2*1-2-6-10(7-3-1)11-8-4-5-9-11;/h2*1-9H;/q2*-1;+2. The van der Waals surface area contributed by atoms with E-state index >= 15 is 0 Å². The van der Waals surface area contributed by atoms with Crippen LogP contribution in [0.1, 0.15) is 0 Å². The van der Waals surface area contributed by atoms with Gasteiger partial charge in [0.25, 0.3) is 0 Å². The minimum atomic E-state index is 0.